The van der Waals surface area contributed by atoms with Gasteiger partial charge in [0.1, 0.15) is 0 Å². The molecule has 0 unspecified atom stereocenters. The van der Waals surface area contributed by atoms with Crippen molar-refractivity contribution < 1.29 is 27.0 Å². The fraction of sp³-hybridized carbons (Fsp3) is 0.286. The molecule has 11 heteroatoms. The van der Waals surface area contributed by atoms with E-state index < -0.39 is 30.5 Å². The molecule has 3 aromatic heterocycles. The van der Waals surface area contributed by atoms with Gasteiger partial charge < -0.3 is 9.47 Å². The zero-order valence-electron chi connectivity index (χ0n) is 12.8. The van der Waals surface area contributed by atoms with Crippen molar-refractivity contribution in [3.63, 3.8) is 0 Å². The lowest BCUT2D eigenvalue weighted by Gasteiger charge is -2.13. The SMILES string of the molecule is CCOC(F)(F)c1nnc2ccc(-c3cnc(OCF)c(F)c3)nn12. The molecule has 0 aliphatic rings. The molecule has 0 amide bonds. The van der Waals surface area contributed by atoms with Crippen molar-refractivity contribution in [2.75, 3.05) is 13.5 Å². The number of hydrogen-bond acceptors (Lipinski definition) is 6. The molecule has 3 heterocycles. The first-order chi connectivity index (χ1) is 12.0. The van der Waals surface area contributed by atoms with E-state index in [1.165, 1.54) is 25.3 Å². The van der Waals surface area contributed by atoms with E-state index in [0.29, 0.717) is 0 Å². The molecule has 0 saturated carbocycles. The summed E-state index contributed by atoms with van der Waals surface area (Å²) in [6.45, 7) is -0.0672. The predicted octanol–water partition coefficient (Wildman–Crippen LogP) is 2.72. The van der Waals surface area contributed by atoms with Gasteiger partial charge in [0.15, 0.2) is 11.5 Å². The largest absolute Gasteiger partial charge is 0.444 e. The van der Waals surface area contributed by atoms with Crippen LogP contribution in [0.3, 0.4) is 0 Å². The Hall–Kier alpha value is -2.82. The summed E-state index contributed by atoms with van der Waals surface area (Å²) in [4.78, 5) is 3.62. The van der Waals surface area contributed by atoms with Crippen molar-refractivity contribution >= 4 is 5.65 Å². The van der Waals surface area contributed by atoms with E-state index in [1.807, 2.05) is 0 Å². The summed E-state index contributed by atoms with van der Waals surface area (Å²) in [6, 6.07) is 3.81. The van der Waals surface area contributed by atoms with Gasteiger partial charge in [-0.15, -0.1) is 10.2 Å². The third-order valence-electron chi connectivity index (χ3n) is 3.14. The smallest absolute Gasteiger partial charge is 0.419 e. The van der Waals surface area contributed by atoms with E-state index in [1.54, 1.807) is 0 Å². The molecule has 0 atom stereocenters. The van der Waals surface area contributed by atoms with Crippen LogP contribution in [0.4, 0.5) is 17.6 Å². The molecule has 25 heavy (non-hydrogen) atoms. The van der Waals surface area contributed by atoms with Gasteiger partial charge in [0.2, 0.25) is 6.86 Å². The van der Waals surface area contributed by atoms with Crippen molar-refractivity contribution in [2.24, 2.45) is 0 Å². The molecule has 3 rings (SSSR count). The van der Waals surface area contributed by atoms with Gasteiger partial charge >= 0.3 is 6.11 Å². The van der Waals surface area contributed by atoms with Gasteiger partial charge in [-0.1, -0.05) is 0 Å². The highest BCUT2D eigenvalue weighted by Gasteiger charge is 2.39. The van der Waals surface area contributed by atoms with Gasteiger partial charge in [-0.05, 0) is 25.1 Å². The van der Waals surface area contributed by atoms with Crippen LogP contribution in [-0.2, 0) is 10.8 Å². The van der Waals surface area contributed by atoms with Crippen LogP contribution >= 0.6 is 0 Å². The van der Waals surface area contributed by atoms with E-state index >= 15 is 0 Å². The molecule has 0 N–H and O–H groups in total. The van der Waals surface area contributed by atoms with Crippen molar-refractivity contribution in [3.05, 3.63) is 36.0 Å². The Kier molecular flexibility index (Phi) is 4.49. The second-order valence-corrected chi connectivity index (χ2v) is 4.73. The van der Waals surface area contributed by atoms with Crippen LogP contribution in [0.2, 0.25) is 0 Å². The maximum absolute atomic E-state index is 13.9. The first-order valence-electron chi connectivity index (χ1n) is 7.05. The number of halogens is 4. The first-order valence-corrected chi connectivity index (χ1v) is 7.05. The quantitative estimate of drug-likeness (QED) is 0.632. The van der Waals surface area contributed by atoms with Crippen LogP contribution in [0.25, 0.3) is 16.9 Å². The van der Waals surface area contributed by atoms with Gasteiger partial charge in [-0.2, -0.15) is 18.4 Å². The lowest BCUT2D eigenvalue weighted by Crippen LogP contribution is -2.22. The number of aromatic nitrogens is 5. The Bertz CT molecular complexity index is 902. The molecule has 0 fully saturated rings. The van der Waals surface area contributed by atoms with Gasteiger partial charge in [0.25, 0.3) is 11.7 Å². The molecule has 0 aliphatic heterocycles. The Morgan fingerprint density at radius 2 is 2.04 bits per heavy atom. The van der Waals surface area contributed by atoms with E-state index in [9.17, 15) is 17.6 Å². The summed E-state index contributed by atoms with van der Waals surface area (Å²) >= 11 is 0. The van der Waals surface area contributed by atoms with Gasteiger partial charge in [0, 0.05) is 11.8 Å². The molecule has 0 saturated heterocycles. The Morgan fingerprint density at radius 3 is 2.72 bits per heavy atom. The summed E-state index contributed by atoms with van der Waals surface area (Å²) in [5.41, 5.74) is 0.355. The minimum Gasteiger partial charge on any atom is -0.444 e. The molecule has 7 nitrogen and oxygen atoms in total. The van der Waals surface area contributed by atoms with Crippen LogP contribution in [0.1, 0.15) is 12.7 Å². The topological polar surface area (TPSA) is 74.4 Å². The summed E-state index contributed by atoms with van der Waals surface area (Å²) in [7, 11) is 0. The summed E-state index contributed by atoms with van der Waals surface area (Å²) in [5.74, 6) is -2.24. The van der Waals surface area contributed by atoms with E-state index in [2.05, 4.69) is 29.8 Å². The van der Waals surface area contributed by atoms with Gasteiger partial charge in [0.05, 0.1) is 12.3 Å². The molecule has 0 bridgehead atoms. The third-order valence-corrected chi connectivity index (χ3v) is 3.14. The molecule has 0 spiro atoms. The molecule has 0 radical (unpaired) electrons. The van der Waals surface area contributed by atoms with Crippen LogP contribution in [0.5, 0.6) is 5.88 Å². The normalized spacial score (nSPS) is 11.9. The van der Waals surface area contributed by atoms with Gasteiger partial charge in [-0.25, -0.2) is 13.8 Å². The second-order valence-electron chi connectivity index (χ2n) is 4.73. The fourth-order valence-corrected chi connectivity index (χ4v) is 2.09. The zero-order chi connectivity index (χ0) is 18.0. The molecular formula is C14H11F4N5O2. The first kappa shape index (κ1) is 17.0. The van der Waals surface area contributed by atoms with E-state index in [-0.39, 0.29) is 23.5 Å². The minimum atomic E-state index is -3.69. The maximum atomic E-state index is 13.9. The molecule has 132 valence electrons. The van der Waals surface area contributed by atoms with Crippen LogP contribution < -0.4 is 4.74 Å². The number of pyridine rings is 1. The Labute approximate surface area is 138 Å². The number of hydrogen-bond donors (Lipinski definition) is 0. The van der Waals surface area contributed by atoms with Crippen molar-refractivity contribution in [1.29, 1.82) is 0 Å². The highest BCUT2D eigenvalue weighted by molar-refractivity contribution is 5.59. The van der Waals surface area contributed by atoms with Crippen molar-refractivity contribution in [3.8, 4) is 17.1 Å². The lowest BCUT2D eigenvalue weighted by molar-refractivity contribution is -0.252. The summed E-state index contributed by atoms with van der Waals surface area (Å²) in [5, 5.41) is 11.0. The van der Waals surface area contributed by atoms with Crippen molar-refractivity contribution in [1.82, 2.24) is 24.8 Å². The number of fused-ring (bicyclic) bond motifs is 1. The van der Waals surface area contributed by atoms with E-state index in [0.717, 1.165) is 10.6 Å². The highest BCUT2D eigenvalue weighted by Crippen LogP contribution is 2.28. The van der Waals surface area contributed by atoms with E-state index in [4.69, 9.17) is 0 Å². The van der Waals surface area contributed by atoms with Crippen LogP contribution in [0, 0.1) is 5.82 Å². The summed E-state index contributed by atoms with van der Waals surface area (Å²) < 4.78 is 63.3. The monoisotopic (exact) mass is 357 g/mol. The number of rotatable bonds is 6. The highest BCUT2D eigenvalue weighted by atomic mass is 19.3. The Balaban J connectivity index is 2.05. The standard InChI is InChI=1S/C14H11F4N5O2/c1-2-25-14(17,18)13-21-20-11-4-3-10(22-23(11)13)8-5-9(16)12(19-6-8)24-7-15/h3-6H,2,7H2,1H3. The predicted molar refractivity (Wildman–Crippen MR) is 76.1 cm³/mol. The minimum absolute atomic E-state index is 0.0592. The zero-order valence-corrected chi connectivity index (χ0v) is 12.8. The third kappa shape index (κ3) is 3.22. The number of nitrogens with zero attached hydrogens (tertiary/aromatic N) is 5. The molecular weight excluding hydrogens is 346 g/mol. The fourth-order valence-electron chi connectivity index (χ4n) is 2.09. The molecule has 3 aromatic rings. The average Bonchev–Trinajstić information content (AvgIpc) is 3.01. The lowest BCUT2D eigenvalue weighted by atomic mass is 10.2. The van der Waals surface area contributed by atoms with Crippen LogP contribution in [-0.4, -0.2) is 38.3 Å². The Morgan fingerprint density at radius 1 is 1.24 bits per heavy atom. The molecule has 0 aromatic carbocycles. The summed E-state index contributed by atoms with van der Waals surface area (Å²) in [6.07, 6.45) is -2.52. The number of ether oxygens (including phenoxy) is 2. The van der Waals surface area contributed by atoms with Crippen molar-refractivity contribution in [2.45, 2.75) is 13.0 Å². The average molecular weight is 357 g/mol. The van der Waals surface area contributed by atoms with Crippen LogP contribution in [0.15, 0.2) is 24.4 Å². The molecule has 0 aliphatic carbocycles. The maximum Gasteiger partial charge on any atom is 0.419 e. The second kappa shape index (κ2) is 6.59. The number of alkyl halides is 3. The van der Waals surface area contributed by atoms with Gasteiger partial charge in [-0.3, -0.25) is 0 Å².